The summed E-state index contributed by atoms with van der Waals surface area (Å²) in [5, 5.41) is 21.1. The number of aromatic hydroxyl groups is 1. The Balaban J connectivity index is 2.77. The van der Waals surface area contributed by atoms with Crippen LogP contribution in [0.15, 0.2) is 24.3 Å². The van der Waals surface area contributed by atoms with Crippen molar-refractivity contribution in [1.82, 2.24) is 5.32 Å². The molecule has 23 heavy (non-hydrogen) atoms. The number of phenolic OH excluding ortho intramolecular Hbond substituents is 1. The summed E-state index contributed by atoms with van der Waals surface area (Å²) in [6.45, 7) is 6.90. The molecule has 0 fully saturated rings. The predicted molar refractivity (Wildman–Crippen MR) is 86.4 cm³/mol. The summed E-state index contributed by atoms with van der Waals surface area (Å²) in [5.41, 5.74) is 0.271. The second-order valence-corrected chi connectivity index (χ2v) is 6.69. The molecule has 0 spiro atoms. The molecule has 0 heterocycles. The van der Waals surface area contributed by atoms with Crippen LogP contribution in [0.2, 0.25) is 0 Å². The van der Waals surface area contributed by atoms with Crippen molar-refractivity contribution in [3.63, 3.8) is 0 Å². The lowest BCUT2D eigenvalue weighted by Gasteiger charge is -2.24. The molecular weight excluding hydrogens is 298 g/mol. The molecule has 2 atom stereocenters. The molecule has 0 aliphatic rings. The van der Waals surface area contributed by atoms with Crippen molar-refractivity contribution in [2.24, 2.45) is 5.92 Å². The van der Waals surface area contributed by atoms with Gasteiger partial charge in [-0.15, -0.1) is 0 Å². The van der Waals surface area contributed by atoms with E-state index in [2.05, 4.69) is 5.32 Å². The van der Waals surface area contributed by atoms with Gasteiger partial charge in [0.05, 0.1) is 5.92 Å². The van der Waals surface area contributed by atoms with Crippen LogP contribution >= 0.6 is 0 Å². The smallest absolute Gasteiger partial charge is 0.407 e. The first-order chi connectivity index (χ1) is 10.6. The van der Waals surface area contributed by atoms with Crippen LogP contribution in [0, 0.1) is 5.92 Å². The lowest BCUT2D eigenvalue weighted by atomic mass is 9.96. The molecule has 0 saturated heterocycles. The molecule has 0 aromatic heterocycles. The molecule has 1 aromatic carbocycles. The number of phenols is 1. The zero-order valence-electron chi connectivity index (χ0n) is 14.0. The van der Waals surface area contributed by atoms with Crippen molar-refractivity contribution in [2.45, 2.75) is 52.2 Å². The minimum atomic E-state index is -0.910. The third-order valence-electron chi connectivity index (χ3n) is 3.20. The summed E-state index contributed by atoms with van der Waals surface area (Å²) in [4.78, 5) is 23.0. The van der Waals surface area contributed by atoms with Crippen LogP contribution in [0.3, 0.4) is 0 Å². The van der Waals surface area contributed by atoms with Crippen LogP contribution in [0.25, 0.3) is 0 Å². The number of carboxylic acid groups (broad SMARTS) is 1. The Morgan fingerprint density at radius 2 is 1.78 bits per heavy atom. The van der Waals surface area contributed by atoms with Gasteiger partial charge in [-0.2, -0.15) is 0 Å². The molecule has 6 nitrogen and oxygen atoms in total. The fourth-order valence-corrected chi connectivity index (χ4v) is 2.11. The largest absolute Gasteiger partial charge is 0.508 e. The van der Waals surface area contributed by atoms with Crippen LogP contribution in [0.1, 0.15) is 39.7 Å². The summed E-state index contributed by atoms with van der Waals surface area (Å²) >= 11 is 0. The summed E-state index contributed by atoms with van der Waals surface area (Å²) in [6, 6.07) is 6.22. The van der Waals surface area contributed by atoms with Crippen LogP contribution in [0.5, 0.6) is 5.75 Å². The van der Waals surface area contributed by atoms with E-state index in [9.17, 15) is 14.7 Å². The molecule has 0 saturated carbocycles. The zero-order valence-corrected chi connectivity index (χ0v) is 14.0. The van der Waals surface area contributed by atoms with E-state index in [1.165, 1.54) is 0 Å². The highest BCUT2D eigenvalue weighted by molar-refractivity contribution is 5.70. The SMILES string of the molecule is C[C@@H](C[C@H](Cc1ccc(O)cc1)NC(=O)OC(C)(C)C)C(=O)O. The number of rotatable bonds is 6. The zero-order chi connectivity index (χ0) is 17.6. The topological polar surface area (TPSA) is 95.9 Å². The molecule has 1 amide bonds. The highest BCUT2D eigenvalue weighted by Gasteiger charge is 2.23. The lowest BCUT2D eigenvalue weighted by Crippen LogP contribution is -2.41. The normalized spacial score (nSPS) is 13.9. The number of alkyl carbamates (subject to hydrolysis) is 1. The molecule has 0 aliphatic heterocycles. The third kappa shape index (κ3) is 7.54. The van der Waals surface area contributed by atoms with E-state index in [-0.39, 0.29) is 18.2 Å². The second kappa shape index (κ2) is 7.85. The van der Waals surface area contributed by atoms with Crippen molar-refractivity contribution in [3.8, 4) is 5.75 Å². The highest BCUT2D eigenvalue weighted by atomic mass is 16.6. The Kier molecular flexibility index (Phi) is 6.42. The maximum absolute atomic E-state index is 11.9. The van der Waals surface area contributed by atoms with Gasteiger partial charge in [0.2, 0.25) is 0 Å². The Bertz CT molecular complexity index is 533. The minimum absolute atomic E-state index is 0.157. The highest BCUT2D eigenvalue weighted by Crippen LogP contribution is 2.16. The van der Waals surface area contributed by atoms with Crippen molar-refractivity contribution < 1.29 is 24.5 Å². The van der Waals surface area contributed by atoms with Gasteiger partial charge in [0.1, 0.15) is 11.4 Å². The van der Waals surface area contributed by atoms with Crippen LogP contribution in [-0.4, -0.2) is 33.9 Å². The van der Waals surface area contributed by atoms with Crippen molar-refractivity contribution in [3.05, 3.63) is 29.8 Å². The fraction of sp³-hybridized carbons (Fsp3) is 0.529. The second-order valence-electron chi connectivity index (χ2n) is 6.69. The van der Waals surface area contributed by atoms with E-state index >= 15 is 0 Å². The molecule has 0 unspecified atom stereocenters. The van der Waals surface area contributed by atoms with Gasteiger partial charge in [0, 0.05) is 6.04 Å². The number of amides is 1. The number of ether oxygens (including phenoxy) is 1. The lowest BCUT2D eigenvalue weighted by molar-refractivity contribution is -0.141. The quantitative estimate of drug-likeness (QED) is 0.748. The minimum Gasteiger partial charge on any atom is -0.508 e. The van der Waals surface area contributed by atoms with Crippen LogP contribution < -0.4 is 5.32 Å². The number of aliphatic carboxylic acids is 1. The number of carbonyl (C=O) groups excluding carboxylic acids is 1. The first-order valence-corrected chi connectivity index (χ1v) is 7.57. The summed E-state index contributed by atoms with van der Waals surface area (Å²) in [5.74, 6) is -1.34. The number of hydrogen-bond acceptors (Lipinski definition) is 4. The van der Waals surface area contributed by atoms with Gasteiger partial charge in [-0.05, 0) is 51.3 Å². The molecule has 1 rings (SSSR count). The van der Waals surface area contributed by atoms with E-state index in [1.807, 2.05) is 0 Å². The molecule has 0 aliphatic carbocycles. The predicted octanol–water partition coefficient (Wildman–Crippen LogP) is 2.94. The standard InChI is InChI=1S/C17H25NO5/c1-11(15(20)21)9-13(18-16(22)23-17(2,3)4)10-12-5-7-14(19)8-6-12/h5-8,11,13,19H,9-10H2,1-4H3,(H,18,22)(H,20,21)/t11-,13+/m0/s1. The number of hydrogen-bond donors (Lipinski definition) is 3. The number of carbonyl (C=O) groups is 2. The van der Waals surface area contributed by atoms with Crippen molar-refractivity contribution >= 4 is 12.1 Å². The van der Waals surface area contributed by atoms with Gasteiger partial charge in [0.15, 0.2) is 0 Å². The van der Waals surface area contributed by atoms with Crippen LogP contribution in [0.4, 0.5) is 4.79 Å². The third-order valence-corrected chi connectivity index (χ3v) is 3.20. The summed E-state index contributed by atoms with van der Waals surface area (Å²) < 4.78 is 5.23. The van der Waals surface area contributed by atoms with Gasteiger partial charge in [0.25, 0.3) is 0 Å². The molecule has 3 N–H and O–H groups in total. The molecular formula is C17H25NO5. The maximum Gasteiger partial charge on any atom is 0.407 e. The maximum atomic E-state index is 11.9. The van der Waals surface area contributed by atoms with E-state index in [0.29, 0.717) is 6.42 Å². The van der Waals surface area contributed by atoms with Gasteiger partial charge in [-0.25, -0.2) is 4.79 Å². The fourth-order valence-electron chi connectivity index (χ4n) is 2.11. The average Bonchev–Trinajstić information content (AvgIpc) is 2.38. The van der Waals surface area contributed by atoms with Crippen molar-refractivity contribution in [1.29, 1.82) is 0 Å². The summed E-state index contributed by atoms with van der Waals surface area (Å²) in [7, 11) is 0. The van der Waals surface area contributed by atoms with Gasteiger partial charge in [-0.3, -0.25) is 4.79 Å². The van der Waals surface area contributed by atoms with Gasteiger partial charge < -0.3 is 20.3 Å². The number of benzene rings is 1. The van der Waals surface area contributed by atoms with Gasteiger partial charge in [-0.1, -0.05) is 19.1 Å². The average molecular weight is 323 g/mol. The van der Waals surface area contributed by atoms with Crippen molar-refractivity contribution in [2.75, 3.05) is 0 Å². The van der Waals surface area contributed by atoms with Gasteiger partial charge >= 0.3 is 12.1 Å². The molecule has 1 aromatic rings. The van der Waals surface area contributed by atoms with E-state index < -0.39 is 23.6 Å². The number of carboxylic acids is 1. The molecule has 0 radical (unpaired) electrons. The van der Waals surface area contributed by atoms with Crippen LogP contribution in [-0.2, 0) is 16.0 Å². The Morgan fingerprint density at radius 1 is 1.22 bits per heavy atom. The van der Waals surface area contributed by atoms with E-state index in [1.54, 1.807) is 52.0 Å². The Hall–Kier alpha value is -2.24. The first kappa shape index (κ1) is 18.8. The van der Waals surface area contributed by atoms with E-state index in [0.717, 1.165) is 5.56 Å². The first-order valence-electron chi connectivity index (χ1n) is 7.57. The summed E-state index contributed by atoms with van der Waals surface area (Å²) in [6.07, 6.45) is 0.172. The number of nitrogens with one attached hydrogen (secondary N) is 1. The molecule has 6 heteroatoms. The molecule has 128 valence electrons. The van der Waals surface area contributed by atoms with E-state index in [4.69, 9.17) is 9.84 Å². The Labute approximate surface area is 136 Å². The monoisotopic (exact) mass is 323 g/mol. The molecule has 0 bridgehead atoms. The Morgan fingerprint density at radius 3 is 2.26 bits per heavy atom.